The predicted molar refractivity (Wildman–Crippen MR) is 63.2 cm³/mol. The molecule has 0 aliphatic rings. The number of hydrogen-bond acceptors (Lipinski definition) is 1. The molecule has 0 aromatic carbocycles. The minimum absolute atomic E-state index is 0.816. The Bertz CT molecular complexity index is 79.2. The van der Waals surface area contributed by atoms with Gasteiger partial charge in [-0.15, -0.1) is 0 Å². The van der Waals surface area contributed by atoms with E-state index in [0.29, 0.717) is 0 Å². The van der Waals surface area contributed by atoms with Crippen LogP contribution in [0.2, 0.25) is 0 Å². The first-order valence-corrected chi connectivity index (χ1v) is 6.35. The highest BCUT2D eigenvalue weighted by atomic mass is 16.5. The summed E-state index contributed by atoms with van der Waals surface area (Å²) in [7, 11) is 0. The first-order valence-electron chi connectivity index (χ1n) is 6.35. The second-order valence-corrected chi connectivity index (χ2v) is 3.89. The average molecular weight is 199 g/mol. The van der Waals surface area contributed by atoms with E-state index in [4.69, 9.17) is 4.74 Å². The molecule has 0 fully saturated rings. The standard InChI is InChI=1S/C13H27O/c1-3-5-6-7-8-9-10-11-12-13-14-4-2/h13H,3-12H2,1-2H3. The summed E-state index contributed by atoms with van der Waals surface area (Å²) < 4.78 is 5.17. The molecule has 85 valence electrons. The van der Waals surface area contributed by atoms with Crippen LogP contribution in [0, 0.1) is 6.61 Å². The molecule has 0 aromatic rings. The molecule has 1 radical (unpaired) electrons. The van der Waals surface area contributed by atoms with Crippen molar-refractivity contribution in [2.45, 2.75) is 71.6 Å². The molecule has 0 aliphatic carbocycles. The SMILES string of the molecule is CCCCCCCCCC[CH]OCC. The molecule has 0 N–H and O–H groups in total. The Morgan fingerprint density at radius 3 is 1.93 bits per heavy atom. The smallest absolute Gasteiger partial charge is 0.0836 e. The summed E-state index contributed by atoms with van der Waals surface area (Å²) in [6.45, 7) is 7.07. The van der Waals surface area contributed by atoms with Crippen LogP contribution in [0.4, 0.5) is 0 Å². The molecule has 0 saturated carbocycles. The van der Waals surface area contributed by atoms with Crippen LogP contribution >= 0.6 is 0 Å². The quantitative estimate of drug-likeness (QED) is 0.438. The second kappa shape index (κ2) is 13.0. The minimum atomic E-state index is 0.816. The maximum absolute atomic E-state index is 5.17. The van der Waals surface area contributed by atoms with Crippen LogP contribution in [0.1, 0.15) is 71.6 Å². The summed E-state index contributed by atoms with van der Waals surface area (Å²) in [6.07, 6.45) is 12.3. The molecule has 0 atom stereocenters. The molecule has 0 saturated heterocycles. The minimum Gasteiger partial charge on any atom is -0.376 e. The summed E-state index contributed by atoms with van der Waals surface area (Å²) in [5.41, 5.74) is 0. The zero-order valence-electron chi connectivity index (χ0n) is 10.1. The molecule has 1 heteroatoms. The lowest BCUT2D eigenvalue weighted by molar-refractivity contribution is 0.205. The van der Waals surface area contributed by atoms with Crippen molar-refractivity contribution in [3.63, 3.8) is 0 Å². The third kappa shape index (κ3) is 12.0. The monoisotopic (exact) mass is 199 g/mol. The Hall–Kier alpha value is -0.0400. The Kier molecular flexibility index (Phi) is 12.9. The van der Waals surface area contributed by atoms with E-state index in [1.165, 1.54) is 51.4 Å². The Morgan fingerprint density at radius 2 is 1.36 bits per heavy atom. The highest BCUT2D eigenvalue weighted by molar-refractivity contribution is 4.52. The molecule has 0 aromatic heterocycles. The second-order valence-electron chi connectivity index (χ2n) is 3.89. The third-order valence-corrected chi connectivity index (χ3v) is 2.46. The van der Waals surface area contributed by atoms with Crippen LogP contribution in [-0.4, -0.2) is 6.61 Å². The van der Waals surface area contributed by atoms with Crippen molar-refractivity contribution in [2.75, 3.05) is 6.61 Å². The van der Waals surface area contributed by atoms with Crippen LogP contribution in [-0.2, 0) is 4.74 Å². The largest absolute Gasteiger partial charge is 0.376 e. The fraction of sp³-hybridized carbons (Fsp3) is 0.923. The van der Waals surface area contributed by atoms with Gasteiger partial charge in [0.1, 0.15) is 0 Å². The van der Waals surface area contributed by atoms with Gasteiger partial charge in [-0.3, -0.25) is 0 Å². The van der Waals surface area contributed by atoms with Gasteiger partial charge in [0.25, 0.3) is 0 Å². The van der Waals surface area contributed by atoms with E-state index in [-0.39, 0.29) is 0 Å². The first-order chi connectivity index (χ1) is 6.91. The lowest BCUT2D eigenvalue weighted by Gasteiger charge is -2.01. The number of hydrogen-bond donors (Lipinski definition) is 0. The molecule has 0 amide bonds. The third-order valence-electron chi connectivity index (χ3n) is 2.46. The van der Waals surface area contributed by atoms with Crippen molar-refractivity contribution in [3.05, 3.63) is 6.61 Å². The topological polar surface area (TPSA) is 9.23 Å². The highest BCUT2D eigenvalue weighted by Gasteiger charge is 1.92. The van der Waals surface area contributed by atoms with Crippen LogP contribution in [0.15, 0.2) is 0 Å². The molecular weight excluding hydrogens is 172 g/mol. The van der Waals surface area contributed by atoms with Gasteiger partial charge >= 0.3 is 0 Å². The van der Waals surface area contributed by atoms with Gasteiger partial charge in [0, 0.05) is 6.61 Å². The van der Waals surface area contributed by atoms with E-state index < -0.39 is 0 Å². The van der Waals surface area contributed by atoms with Gasteiger partial charge in [0.15, 0.2) is 0 Å². The Labute approximate surface area is 90.2 Å². The molecule has 0 rings (SSSR count). The van der Waals surface area contributed by atoms with Crippen LogP contribution in [0.5, 0.6) is 0 Å². The zero-order valence-corrected chi connectivity index (χ0v) is 10.1. The fourth-order valence-corrected chi connectivity index (χ4v) is 1.56. The van der Waals surface area contributed by atoms with E-state index in [9.17, 15) is 0 Å². The van der Waals surface area contributed by atoms with E-state index >= 15 is 0 Å². The van der Waals surface area contributed by atoms with Crippen LogP contribution < -0.4 is 0 Å². The Morgan fingerprint density at radius 1 is 0.786 bits per heavy atom. The van der Waals surface area contributed by atoms with E-state index in [1.807, 2.05) is 13.5 Å². The van der Waals surface area contributed by atoms with Crippen molar-refractivity contribution in [1.82, 2.24) is 0 Å². The van der Waals surface area contributed by atoms with Crippen molar-refractivity contribution >= 4 is 0 Å². The molecule has 0 heterocycles. The van der Waals surface area contributed by atoms with Gasteiger partial charge in [-0.25, -0.2) is 0 Å². The Balaban J connectivity index is 2.78. The summed E-state index contributed by atoms with van der Waals surface area (Å²) in [5.74, 6) is 0. The normalized spacial score (nSPS) is 10.7. The molecular formula is C13H27O. The summed E-state index contributed by atoms with van der Waals surface area (Å²) in [5, 5.41) is 0. The van der Waals surface area contributed by atoms with Gasteiger partial charge in [-0.2, -0.15) is 0 Å². The molecule has 0 spiro atoms. The number of unbranched alkanes of at least 4 members (excludes halogenated alkanes) is 8. The molecule has 14 heavy (non-hydrogen) atoms. The van der Waals surface area contributed by atoms with Gasteiger partial charge in [0.2, 0.25) is 0 Å². The molecule has 0 aliphatic heterocycles. The fourth-order valence-electron chi connectivity index (χ4n) is 1.56. The van der Waals surface area contributed by atoms with Gasteiger partial charge < -0.3 is 4.74 Å². The number of rotatable bonds is 11. The lowest BCUT2D eigenvalue weighted by Crippen LogP contribution is -1.86. The summed E-state index contributed by atoms with van der Waals surface area (Å²) >= 11 is 0. The summed E-state index contributed by atoms with van der Waals surface area (Å²) in [4.78, 5) is 0. The van der Waals surface area contributed by atoms with E-state index in [2.05, 4.69) is 6.92 Å². The molecule has 0 unspecified atom stereocenters. The lowest BCUT2D eigenvalue weighted by atomic mass is 10.1. The van der Waals surface area contributed by atoms with Crippen molar-refractivity contribution in [3.8, 4) is 0 Å². The van der Waals surface area contributed by atoms with Crippen LogP contribution in [0.25, 0.3) is 0 Å². The van der Waals surface area contributed by atoms with Gasteiger partial charge in [-0.05, 0) is 13.3 Å². The maximum atomic E-state index is 5.17. The first kappa shape index (κ1) is 14.0. The zero-order chi connectivity index (χ0) is 10.5. The van der Waals surface area contributed by atoms with Crippen molar-refractivity contribution in [2.24, 2.45) is 0 Å². The predicted octanol–water partition coefficient (Wildman–Crippen LogP) is 4.72. The highest BCUT2D eigenvalue weighted by Crippen LogP contribution is 2.10. The van der Waals surface area contributed by atoms with Gasteiger partial charge in [-0.1, -0.05) is 58.3 Å². The number of ether oxygens (including phenoxy) is 1. The van der Waals surface area contributed by atoms with E-state index in [1.54, 1.807) is 0 Å². The molecule has 1 nitrogen and oxygen atoms in total. The van der Waals surface area contributed by atoms with Crippen molar-refractivity contribution in [1.29, 1.82) is 0 Å². The average Bonchev–Trinajstić information content (AvgIpc) is 2.21. The van der Waals surface area contributed by atoms with E-state index in [0.717, 1.165) is 13.0 Å². The molecule has 0 bridgehead atoms. The maximum Gasteiger partial charge on any atom is 0.0836 e. The van der Waals surface area contributed by atoms with Crippen LogP contribution in [0.3, 0.4) is 0 Å². The van der Waals surface area contributed by atoms with Gasteiger partial charge in [0.05, 0.1) is 6.61 Å². The summed E-state index contributed by atoms with van der Waals surface area (Å²) in [6, 6.07) is 0. The van der Waals surface area contributed by atoms with Crippen molar-refractivity contribution < 1.29 is 4.74 Å².